The van der Waals surface area contributed by atoms with E-state index in [-0.39, 0.29) is 11.8 Å². The van der Waals surface area contributed by atoms with Crippen LogP contribution in [0.1, 0.15) is 33.1 Å². The SMILES string of the molecule is CSCC[C@H](NC(=O)[C@@H](N)CCSC)C(=O)N[C@@H](CC(C)C)C(=O)O. The number of thioether (sulfide) groups is 2. The molecule has 0 saturated heterocycles. The minimum absolute atomic E-state index is 0.126. The molecule has 0 aliphatic carbocycles. The molecule has 25 heavy (non-hydrogen) atoms. The average molecular weight is 394 g/mol. The highest BCUT2D eigenvalue weighted by atomic mass is 32.2. The van der Waals surface area contributed by atoms with Crippen molar-refractivity contribution in [2.45, 2.75) is 51.2 Å². The lowest BCUT2D eigenvalue weighted by Crippen LogP contribution is -2.54. The monoisotopic (exact) mass is 393 g/mol. The molecule has 0 heterocycles. The van der Waals surface area contributed by atoms with Gasteiger partial charge in [0, 0.05) is 0 Å². The molecule has 0 saturated carbocycles. The van der Waals surface area contributed by atoms with Crippen LogP contribution in [-0.4, -0.2) is 65.0 Å². The minimum Gasteiger partial charge on any atom is -0.480 e. The van der Waals surface area contributed by atoms with Crippen molar-refractivity contribution in [1.82, 2.24) is 10.6 Å². The van der Waals surface area contributed by atoms with Crippen LogP contribution in [0.5, 0.6) is 0 Å². The highest BCUT2D eigenvalue weighted by Crippen LogP contribution is 2.08. The Morgan fingerprint density at radius 1 is 0.960 bits per heavy atom. The van der Waals surface area contributed by atoms with Crippen molar-refractivity contribution in [1.29, 1.82) is 0 Å². The van der Waals surface area contributed by atoms with Gasteiger partial charge in [-0.2, -0.15) is 23.5 Å². The zero-order valence-electron chi connectivity index (χ0n) is 15.4. The van der Waals surface area contributed by atoms with E-state index in [0.717, 1.165) is 5.75 Å². The zero-order chi connectivity index (χ0) is 19.4. The number of aliphatic carboxylic acids is 1. The van der Waals surface area contributed by atoms with E-state index in [4.69, 9.17) is 5.73 Å². The number of rotatable bonds is 13. The standard InChI is InChI=1S/C16H31N3O4S2/c1-10(2)9-13(16(22)23)19-15(21)12(6-8-25-4)18-14(20)11(17)5-7-24-3/h10-13H,5-9,17H2,1-4H3,(H,18,20)(H,19,21)(H,22,23)/t11-,12-,13-/m0/s1. The Morgan fingerprint density at radius 2 is 1.48 bits per heavy atom. The Morgan fingerprint density at radius 3 is 1.96 bits per heavy atom. The molecular formula is C16H31N3O4S2. The molecule has 7 nitrogen and oxygen atoms in total. The lowest BCUT2D eigenvalue weighted by molar-refractivity contribution is -0.142. The molecule has 0 aromatic rings. The molecular weight excluding hydrogens is 362 g/mol. The molecule has 3 atom stereocenters. The number of carbonyl (C=O) groups is 3. The Bertz CT molecular complexity index is 436. The number of hydrogen-bond donors (Lipinski definition) is 4. The first-order valence-corrected chi connectivity index (χ1v) is 11.1. The molecule has 0 bridgehead atoms. The predicted octanol–water partition coefficient (Wildman–Crippen LogP) is 0.920. The van der Waals surface area contributed by atoms with Crippen LogP contribution in [0.4, 0.5) is 0 Å². The van der Waals surface area contributed by atoms with E-state index in [1.54, 1.807) is 23.5 Å². The Balaban J connectivity index is 4.89. The third-order valence-corrected chi connectivity index (χ3v) is 4.82. The smallest absolute Gasteiger partial charge is 0.326 e. The van der Waals surface area contributed by atoms with Gasteiger partial charge in [0.05, 0.1) is 6.04 Å². The summed E-state index contributed by atoms with van der Waals surface area (Å²) in [5, 5.41) is 14.5. The fourth-order valence-electron chi connectivity index (χ4n) is 2.12. The van der Waals surface area contributed by atoms with Crippen LogP contribution in [0.15, 0.2) is 0 Å². The van der Waals surface area contributed by atoms with E-state index in [0.29, 0.717) is 25.0 Å². The molecule has 5 N–H and O–H groups in total. The lowest BCUT2D eigenvalue weighted by atomic mass is 10.0. The Hall–Kier alpha value is -0.930. The fourth-order valence-corrected chi connectivity index (χ4v) is 3.09. The summed E-state index contributed by atoms with van der Waals surface area (Å²) in [7, 11) is 0. The number of nitrogens with two attached hydrogens (primary N) is 1. The summed E-state index contributed by atoms with van der Waals surface area (Å²) in [5.41, 5.74) is 5.84. The summed E-state index contributed by atoms with van der Waals surface area (Å²) in [6.45, 7) is 3.78. The van der Waals surface area contributed by atoms with Crippen molar-refractivity contribution in [2.24, 2.45) is 11.7 Å². The number of nitrogens with one attached hydrogen (secondary N) is 2. The van der Waals surface area contributed by atoms with Crippen LogP contribution in [-0.2, 0) is 14.4 Å². The maximum Gasteiger partial charge on any atom is 0.326 e. The Kier molecular flexibility index (Phi) is 12.8. The molecule has 0 aromatic heterocycles. The van der Waals surface area contributed by atoms with Crippen molar-refractivity contribution in [2.75, 3.05) is 24.0 Å². The molecule has 0 aliphatic rings. The number of carboxylic acids is 1. The van der Waals surface area contributed by atoms with Crippen molar-refractivity contribution >= 4 is 41.3 Å². The average Bonchev–Trinajstić information content (AvgIpc) is 2.54. The minimum atomic E-state index is -1.08. The van der Waals surface area contributed by atoms with E-state index in [9.17, 15) is 19.5 Å². The normalized spacial score (nSPS) is 14.6. The van der Waals surface area contributed by atoms with Crippen LogP contribution < -0.4 is 16.4 Å². The third-order valence-electron chi connectivity index (χ3n) is 3.54. The molecule has 9 heteroatoms. The van der Waals surface area contributed by atoms with Crippen LogP contribution >= 0.6 is 23.5 Å². The summed E-state index contributed by atoms with van der Waals surface area (Å²) < 4.78 is 0. The van der Waals surface area contributed by atoms with Crippen LogP contribution in [0.2, 0.25) is 0 Å². The van der Waals surface area contributed by atoms with Gasteiger partial charge in [-0.25, -0.2) is 4.79 Å². The van der Waals surface area contributed by atoms with E-state index in [1.165, 1.54) is 0 Å². The molecule has 0 aliphatic heterocycles. The fraction of sp³-hybridized carbons (Fsp3) is 0.812. The van der Waals surface area contributed by atoms with Gasteiger partial charge >= 0.3 is 5.97 Å². The zero-order valence-corrected chi connectivity index (χ0v) is 17.0. The van der Waals surface area contributed by atoms with Crippen molar-refractivity contribution in [3.05, 3.63) is 0 Å². The number of carboxylic acid groups (broad SMARTS) is 1. The van der Waals surface area contributed by atoms with Gasteiger partial charge in [0.25, 0.3) is 0 Å². The third kappa shape index (κ3) is 10.6. The predicted molar refractivity (Wildman–Crippen MR) is 105 cm³/mol. The van der Waals surface area contributed by atoms with Gasteiger partial charge in [-0.3, -0.25) is 9.59 Å². The molecule has 0 spiro atoms. The molecule has 0 aromatic carbocycles. The molecule has 0 radical (unpaired) electrons. The number of amides is 2. The number of carbonyl (C=O) groups excluding carboxylic acids is 2. The highest BCUT2D eigenvalue weighted by Gasteiger charge is 2.28. The van der Waals surface area contributed by atoms with Gasteiger partial charge in [0.1, 0.15) is 12.1 Å². The Labute approximate surface area is 158 Å². The quantitative estimate of drug-likeness (QED) is 0.367. The van der Waals surface area contributed by atoms with E-state index >= 15 is 0 Å². The second kappa shape index (κ2) is 13.3. The summed E-state index contributed by atoms with van der Waals surface area (Å²) in [6, 6.07) is -2.43. The number of hydrogen-bond acceptors (Lipinski definition) is 6. The van der Waals surface area contributed by atoms with Crippen molar-refractivity contribution in [3.8, 4) is 0 Å². The first-order valence-electron chi connectivity index (χ1n) is 8.29. The van der Waals surface area contributed by atoms with Crippen LogP contribution in [0, 0.1) is 5.92 Å². The van der Waals surface area contributed by atoms with Gasteiger partial charge in [0.15, 0.2) is 0 Å². The summed E-state index contributed by atoms with van der Waals surface area (Å²) in [5.74, 6) is -0.390. The molecule has 0 unspecified atom stereocenters. The molecule has 0 fully saturated rings. The van der Waals surface area contributed by atoms with Crippen molar-refractivity contribution < 1.29 is 19.5 Å². The highest BCUT2D eigenvalue weighted by molar-refractivity contribution is 7.98. The van der Waals surface area contributed by atoms with Crippen LogP contribution in [0.25, 0.3) is 0 Å². The van der Waals surface area contributed by atoms with Gasteiger partial charge < -0.3 is 21.5 Å². The van der Waals surface area contributed by atoms with Gasteiger partial charge in [-0.15, -0.1) is 0 Å². The summed E-state index contributed by atoms with van der Waals surface area (Å²) in [6.07, 6.45) is 5.11. The second-order valence-electron chi connectivity index (χ2n) is 6.26. The second-order valence-corrected chi connectivity index (χ2v) is 8.23. The molecule has 2 amide bonds. The molecule has 0 rings (SSSR count). The maximum atomic E-state index is 12.5. The molecule has 146 valence electrons. The maximum absolute atomic E-state index is 12.5. The topological polar surface area (TPSA) is 122 Å². The lowest BCUT2D eigenvalue weighted by Gasteiger charge is -2.23. The van der Waals surface area contributed by atoms with Crippen molar-refractivity contribution in [3.63, 3.8) is 0 Å². The van der Waals surface area contributed by atoms with E-state index < -0.39 is 30.0 Å². The van der Waals surface area contributed by atoms with Gasteiger partial charge in [-0.05, 0) is 49.2 Å². The first kappa shape index (κ1) is 24.1. The first-order chi connectivity index (χ1) is 11.7. The van der Waals surface area contributed by atoms with Gasteiger partial charge in [-0.1, -0.05) is 13.8 Å². The summed E-state index contributed by atoms with van der Waals surface area (Å²) >= 11 is 3.15. The largest absolute Gasteiger partial charge is 0.480 e. The van der Waals surface area contributed by atoms with E-state index in [2.05, 4.69) is 10.6 Å². The van der Waals surface area contributed by atoms with Gasteiger partial charge in [0.2, 0.25) is 11.8 Å². The van der Waals surface area contributed by atoms with E-state index in [1.807, 2.05) is 26.4 Å². The summed E-state index contributed by atoms with van der Waals surface area (Å²) in [4.78, 5) is 36.0. The van der Waals surface area contributed by atoms with Crippen LogP contribution in [0.3, 0.4) is 0 Å².